The van der Waals surface area contributed by atoms with Gasteiger partial charge in [0.25, 0.3) is 5.91 Å². The van der Waals surface area contributed by atoms with E-state index >= 15 is 0 Å². The maximum absolute atomic E-state index is 12.3. The molecule has 166 valence electrons. The molecule has 0 radical (unpaired) electrons. The van der Waals surface area contributed by atoms with Gasteiger partial charge in [0.05, 0.1) is 12.8 Å². The molecule has 8 nitrogen and oxygen atoms in total. The quantitative estimate of drug-likeness (QED) is 0.386. The summed E-state index contributed by atoms with van der Waals surface area (Å²) in [7, 11) is 0. The van der Waals surface area contributed by atoms with Crippen LogP contribution in [0.2, 0.25) is 0 Å². The van der Waals surface area contributed by atoms with Gasteiger partial charge in [0.2, 0.25) is 5.95 Å². The van der Waals surface area contributed by atoms with E-state index in [0.29, 0.717) is 24.1 Å². The van der Waals surface area contributed by atoms with Crippen molar-refractivity contribution in [3.05, 3.63) is 71.0 Å². The molecule has 3 rings (SSSR count). The van der Waals surface area contributed by atoms with Crippen LogP contribution in [0, 0.1) is 20.8 Å². The summed E-state index contributed by atoms with van der Waals surface area (Å²) < 4.78 is 11.4. The smallest absolute Gasteiger partial charge is 0.262 e. The summed E-state index contributed by atoms with van der Waals surface area (Å²) in [4.78, 5) is 20.8. The molecule has 2 aromatic carbocycles. The van der Waals surface area contributed by atoms with Crippen molar-refractivity contribution in [3.8, 4) is 11.5 Å². The van der Waals surface area contributed by atoms with E-state index in [0.717, 1.165) is 28.2 Å². The van der Waals surface area contributed by atoms with Crippen LogP contribution in [0.3, 0.4) is 0 Å². The number of anilines is 2. The van der Waals surface area contributed by atoms with Crippen molar-refractivity contribution in [3.63, 3.8) is 0 Å². The molecule has 0 fully saturated rings. The number of hydrazone groups is 1. The number of nitrogens with zero attached hydrogens (tertiary/aromatic N) is 3. The Morgan fingerprint density at radius 2 is 1.75 bits per heavy atom. The predicted octanol–water partition coefficient (Wildman–Crippen LogP) is 4.26. The van der Waals surface area contributed by atoms with Crippen molar-refractivity contribution in [1.29, 1.82) is 0 Å². The summed E-state index contributed by atoms with van der Waals surface area (Å²) in [5.41, 5.74) is 7.10. The van der Waals surface area contributed by atoms with Crippen molar-refractivity contribution in [2.24, 2.45) is 5.10 Å². The third-order valence-electron chi connectivity index (χ3n) is 4.41. The number of carbonyl (C=O) groups excluding carboxylic acids is 1. The second kappa shape index (κ2) is 10.9. The summed E-state index contributed by atoms with van der Waals surface area (Å²) in [6.07, 6.45) is 1.64. The average Bonchev–Trinajstić information content (AvgIpc) is 2.74. The van der Waals surface area contributed by atoms with Gasteiger partial charge < -0.3 is 14.8 Å². The van der Waals surface area contributed by atoms with Gasteiger partial charge in [0.15, 0.2) is 18.1 Å². The number of para-hydroxylation sites is 1. The molecule has 2 N–H and O–H groups in total. The number of rotatable bonds is 9. The maximum atomic E-state index is 12.3. The number of benzene rings is 2. The van der Waals surface area contributed by atoms with Crippen LogP contribution in [0.1, 0.15) is 29.4 Å². The van der Waals surface area contributed by atoms with Crippen molar-refractivity contribution in [1.82, 2.24) is 9.97 Å². The number of carbonyl (C=O) groups is 1. The molecule has 3 aromatic rings. The number of hydrogen-bond donors (Lipinski definition) is 2. The molecule has 8 heteroatoms. The molecule has 32 heavy (non-hydrogen) atoms. The SMILES string of the molecule is CCOc1cc(/C=N/Nc2nc(C)cc(C)n2)ccc1OCC(=O)Nc1ccccc1C. The van der Waals surface area contributed by atoms with Crippen molar-refractivity contribution >= 4 is 23.8 Å². The number of ether oxygens (including phenoxy) is 2. The molecule has 0 atom stereocenters. The summed E-state index contributed by atoms with van der Waals surface area (Å²) in [5, 5.41) is 7.04. The minimum Gasteiger partial charge on any atom is -0.490 e. The largest absolute Gasteiger partial charge is 0.490 e. The van der Waals surface area contributed by atoms with Crippen LogP contribution < -0.4 is 20.2 Å². The second-order valence-corrected chi connectivity index (χ2v) is 7.14. The first-order valence-corrected chi connectivity index (χ1v) is 10.3. The fraction of sp³-hybridized carbons (Fsp3) is 0.250. The fourth-order valence-electron chi connectivity index (χ4n) is 2.98. The lowest BCUT2D eigenvalue weighted by molar-refractivity contribution is -0.118. The average molecular weight is 434 g/mol. The molecule has 0 aliphatic carbocycles. The third-order valence-corrected chi connectivity index (χ3v) is 4.41. The fourth-order valence-corrected chi connectivity index (χ4v) is 2.98. The van der Waals surface area contributed by atoms with Crippen LogP contribution >= 0.6 is 0 Å². The molecule has 0 saturated carbocycles. The summed E-state index contributed by atoms with van der Waals surface area (Å²) in [5.74, 6) is 1.20. The Morgan fingerprint density at radius 3 is 2.47 bits per heavy atom. The molecule has 0 saturated heterocycles. The molecule has 1 heterocycles. The van der Waals surface area contributed by atoms with Crippen LogP contribution in [0.15, 0.2) is 53.6 Å². The minimum absolute atomic E-state index is 0.131. The van der Waals surface area contributed by atoms with E-state index in [4.69, 9.17) is 9.47 Å². The molecule has 0 bridgehead atoms. The lowest BCUT2D eigenvalue weighted by Gasteiger charge is -2.13. The van der Waals surface area contributed by atoms with Crippen LogP contribution in [-0.2, 0) is 4.79 Å². The van der Waals surface area contributed by atoms with Gasteiger partial charge >= 0.3 is 0 Å². The number of nitrogens with one attached hydrogen (secondary N) is 2. The van der Waals surface area contributed by atoms with Crippen LogP contribution in [-0.4, -0.2) is 35.3 Å². The van der Waals surface area contributed by atoms with Gasteiger partial charge in [0.1, 0.15) is 0 Å². The van der Waals surface area contributed by atoms with Crippen LogP contribution in [0.4, 0.5) is 11.6 Å². The molecular formula is C24H27N5O3. The summed E-state index contributed by atoms with van der Waals surface area (Å²) >= 11 is 0. The van der Waals surface area contributed by atoms with Gasteiger partial charge in [-0.05, 0) is 69.2 Å². The molecule has 1 amide bonds. The van der Waals surface area contributed by atoms with Crippen molar-refractivity contribution in [2.75, 3.05) is 24.0 Å². The summed E-state index contributed by atoms with van der Waals surface area (Å²) in [6.45, 7) is 7.95. The lowest BCUT2D eigenvalue weighted by Crippen LogP contribution is -2.20. The Hall–Kier alpha value is -3.94. The van der Waals surface area contributed by atoms with Gasteiger partial charge in [-0.2, -0.15) is 5.10 Å². The molecule has 0 aliphatic rings. The van der Waals surface area contributed by atoms with Crippen LogP contribution in [0.5, 0.6) is 11.5 Å². The Morgan fingerprint density at radius 1 is 1.00 bits per heavy atom. The monoisotopic (exact) mass is 433 g/mol. The Kier molecular flexibility index (Phi) is 7.75. The van der Waals surface area contributed by atoms with Gasteiger partial charge in [0, 0.05) is 17.1 Å². The molecule has 0 aliphatic heterocycles. The molecule has 0 unspecified atom stereocenters. The van der Waals surface area contributed by atoms with Gasteiger partial charge in [-0.15, -0.1) is 0 Å². The zero-order valence-electron chi connectivity index (χ0n) is 18.7. The molecule has 1 aromatic heterocycles. The zero-order chi connectivity index (χ0) is 22.9. The van der Waals surface area contributed by atoms with Gasteiger partial charge in [-0.3, -0.25) is 4.79 Å². The standard InChI is InChI=1S/C24H27N5O3/c1-5-31-22-13-19(14-25-29-24-26-17(3)12-18(4)27-24)10-11-21(22)32-15-23(30)28-20-9-7-6-8-16(20)2/h6-14H,5,15H2,1-4H3,(H,28,30)(H,26,27,29)/b25-14+. The highest BCUT2D eigenvalue weighted by Crippen LogP contribution is 2.28. The molecule has 0 spiro atoms. The minimum atomic E-state index is -0.245. The maximum Gasteiger partial charge on any atom is 0.262 e. The first kappa shape index (κ1) is 22.7. The van der Waals surface area contributed by atoms with Crippen molar-refractivity contribution < 1.29 is 14.3 Å². The highest BCUT2D eigenvalue weighted by Gasteiger charge is 2.10. The lowest BCUT2D eigenvalue weighted by atomic mass is 10.2. The molecular weight excluding hydrogens is 406 g/mol. The highest BCUT2D eigenvalue weighted by atomic mass is 16.5. The Balaban J connectivity index is 1.63. The number of aromatic nitrogens is 2. The summed E-state index contributed by atoms with van der Waals surface area (Å²) in [6, 6.07) is 14.8. The number of hydrogen-bond acceptors (Lipinski definition) is 7. The normalized spacial score (nSPS) is 10.8. The van der Waals surface area contributed by atoms with Gasteiger partial charge in [-0.25, -0.2) is 15.4 Å². The first-order valence-electron chi connectivity index (χ1n) is 10.3. The van der Waals surface area contributed by atoms with Crippen LogP contribution in [0.25, 0.3) is 0 Å². The second-order valence-electron chi connectivity index (χ2n) is 7.14. The van der Waals surface area contributed by atoms with Gasteiger partial charge in [-0.1, -0.05) is 18.2 Å². The number of aryl methyl sites for hydroxylation is 3. The van der Waals surface area contributed by atoms with E-state index in [-0.39, 0.29) is 12.5 Å². The van der Waals surface area contributed by atoms with E-state index in [1.807, 2.05) is 64.1 Å². The highest BCUT2D eigenvalue weighted by molar-refractivity contribution is 5.92. The van der Waals surface area contributed by atoms with E-state index < -0.39 is 0 Å². The van der Waals surface area contributed by atoms with E-state index in [1.165, 1.54) is 0 Å². The third kappa shape index (κ3) is 6.53. The van der Waals surface area contributed by atoms with Crippen molar-refractivity contribution in [2.45, 2.75) is 27.7 Å². The number of amides is 1. The Bertz CT molecular complexity index is 1090. The van der Waals surface area contributed by atoms with E-state index in [1.54, 1.807) is 18.3 Å². The van der Waals surface area contributed by atoms with E-state index in [9.17, 15) is 4.79 Å². The van der Waals surface area contributed by atoms with E-state index in [2.05, 4.69) is 25.8 Å². The zero-order valence-corrected chi connectivity index (χ0v) is 18.7. The predicted molar refractivity (Wildman–Crippen MR) is 126 cm³/mol. The topological polar surface area (TPSA) is 97.7 Å². The first-order chi connectivity index (χ1) is 15.4. The Labute approximate surface area is 187 Å².